The zero-order chi connectivity index (χ0) is 13.8. The van der Waals surface area contributed by atoms with E-state index in [4.69, 9.17) is 10.5 Å². The quantitative estimate of drug-likeness (QED) is 0.875. The molecule has 0 saturated carbocycles. The minimum absolute atomic E-state index is 0.0967. The molecule has 0 bridgehead atoms. The molecule has 1 atom stereocenters. The SMILES string of the molecule is Cc1ccc(C)c(NC(=O)C(N)C2CCOCC2)c1. The lowest BCUT2D eigenvalue weighted by atomic mass is 9.92. The van der Waals surface area contributed by atoms with Crippen LogP contribution >= 0.6 is 0 Å². The summed E-state index contributed by atoms with van der Waals surface area (Å²) in [7, 11) is 0. The van der Waals surface area contributed by atoms with E-state index in [1.165, 1.54) is 0 Å². The zero-order valence-electron chi connectivity index (χ0n) is 11.6. The molecule has 0 aliphatic carbocycles. The van der Waals surface area contributed by atoms with Crippen molar-refractivity contribution < 1.29 is 9.53 Å². The molecule has 4 heteroatoms. The molecule has 104 valence electrons. The van der Waals surface area contributed by atoms with Gasteiger partial charge in [0.1, 0.15) is 0 Å². The van der Waals surface area contributed by atoms with E-state index in [9.17, 15) is 4.79 Å². The topological polar surface area (TPSA) is 64.4 Å². The Labute approximate surface area is 114 Å². The second-order valence-electron chi connectivity index (χ2n) is 5.28. The minimum Gasteiger partial charge on any atom is -0.381 e. The van der Waals surface area contributed by atoms with E-state index < -0.39 is 6.04 Å². The molecule has 1 aromatic carbocycles. The molecule has 1 amide bonds. The molecule has 1 heterocycles. The first-order valence-electron chi connectivity index (χ1n) is 6.79. The Morgan fingerprint density at radius 3 is 2.74 bits per heavy atom. The van der Waals surface area contributed by atoms with Gasteiger partial charge in [0.05, 0.1) is 6.04 Å². The number of rotatable bonds is 3. The van der Waals surface area contributed by atoms with Gasteiger partial charge >= 0.3 is 0 Å². The van der Waals surface area contributed by atoms with Crippen LogP contribution in [0, 0.1) is 19.8 Å². The molecule has 3 N–H and O–H groups in total. The molecule has 0 spiro atoms. The van der Waals surface area contributed by atoms with Crippen molar-refractivity contribution in [1.29, 1.82) is 0 Å². The third-order valence-electron chi connectivity index (χ3n) is 3.73. The number of hydrogen-bond acceptors (Lipinski definition) is 3. The van der Waals surface area contributed by atoms with Gasteiger partial charge in [0.15, 0.2) is 0 Å². The fourth-order valence-corrected chi connectivity index (χ4v) is 2.38. The maximum absolute atomic E-state index is 12.2. The van der Waals surface area contributed by atoms with Crippen LogP contribution in [0.4, 0.5) is 5.69 Å². The molecule has 19 heavy (non-hydrogen) atoms. The highest BCUT2D eigenvalue weighted by Gasteiger charge is 2.26. The van der Waals surface area contributed by atoms with Gasteiger partial charge in [0.25, 0.3) is 0 Å². The van der Waals surface area contributed by atoms with E-state index in [0.717, 1.165) is 29.7 Å². The largest absolute Gasteiger partial charge is 0.381 e. The van der Waals surface area contributed by atoms with Gasteiger partial charge in [-0.3, -0.25) is 4.79 Å². The normalized spacial score (nSPS) is 18.1. The molecule has 1 unspecified atom stereocenters. The summed E-state index contributed by atoms with van der Waals surface area (Å²) in [4.78, 5) is 12.2. The molecular weight excluding hydrogens is 240 g/mol. The van der Waals surface area contributed by atoms with Crippen LogP contribution in [-0.4, -0.2) is 25.2 Å². The Morgan fingerprint density at radius 1 is 1.37 bits per heavy atom. The fraction of sp³-hybridized carbons (Fsp3) is 0.533. The van der Waals surface area contributed by atoms with Crippen LogP contribution in [0.25, 0.3) is 0 Å². The van der Waals surface area contributed by atoms with E-state index >= 15 is 0 Å². The Bertz CT molecular complexity index is 453. The van der Waals surface area contributed by atoms with Crippen molar-refractivity contribution in [3.63, 3.8) is 0 Å². The van der Waals surface area contributed by atoms with E-state index in [1.807, 2.05) is 32.0 Å². The van der Waals surface area contributed by atoms with Gasteiger partial charge in [-0.2, -0.15) is 0 Å². The number of benzene rings is 1. The summed E-state index contributed by atoms with van der Waals surface area (Å²) >= 11 is 0. The van der Waals surface area contributed by atoms with Gasteiger partial charge in [0, 0.05) is 18.9 Å². The predicted molar refractivity (Wildman–Crippen MR) is 76.1 cm³/mol. The summed E-state index contributed by atoms with van der Waals surface area (Å²) in [5.74, 6) is 0.125. The highest BCUT2D eigenvalue weighted by molar-refractivity contribution is 5.95. The molecule has 1 aliphatic rings. The highest BCUT2D eigenvalue weighted by atomic mass is 16.5. The number of nitrogens with one attached hydrogen (secondary N) is 1. The fourth-order valence-electron chi connectivity index (χ4n) is 2.38. The van der Waals surface area contributed by atoms with Gasteiger partial charge in [0.2, 0.25) is 5.91 Å². The van der Waals surface area contributed by atoms with Crippen molar-refractivity contribution in [3.05, 3.63) is 29.3 Å². The van der Waals surface area contributed by atoms with Crippen molar-refractivity contribution in [2.75, 3.05) is 18.5 Å². The first-order valence-corrected chi connectivity index (χ1v) is 6.79. The van der Waals surface area contributed by atoms with Gasteiger partial charge in [-0.05, 0) is 49.8 Å². The number of hydrogen-bond donors (Lipinski definition) is 2. The summed E-state index contributed by atoms with van der Waals surface area (Å²) < 4.78 is 5.30. The second kappa shape index (κ2) is 6.17. The van der Waals surface area contributed by atoms with Crippen molar-refractivity contribution >= 4 is 11.6 Å². The smallest absolute Gasteiger partial charge is 0.241 e. The zero-order valence-corrected chi connectivity index (χ0v) is 11.6. The summed E-state index contributed by atoms with van der Waals surface area (Å²) in [5.41, 5.74) is 9.09. The first-order chi connectivity index (χ1) is 9.08. The van der Waals surface area contributed by atoms with E-state index in [2.05, 4.69) is 5.32 Å². The van der Waals surface area contributed by atoms with Crippen molar-refractivity contribution in [1.82, 2.24) is 0 Å². The average Bonchev–Trinajstić information content (AvgIpc) is 2.43. The van der Waals surface area contributed by atoms with Crippen LogP contribution in [0.15, 0.2) is 18.2 Å². The third-order valence-corrected chi connectivity index (χ3v) is 3.73. The van der Waals surface area contributed by atoms with Crippen molar-refractivity contribution in [2.24, 2.45) is 11.7 Å². The molecule has 0 aromatic heterocycles. The average molecular weight is 262 g/mol. The Balaban J connectivity index is 2.01. The number of aryl methyl sites for hydroxylation is 2. The van der Waals surface area contributed by atoms with Gasteiger partial charge in [-0.15, -0.1) is 0 Å². The van der Waals surface area contributed by atoms with Crippen molar-refractivity contribution in [3.8, 4) is 0 Å². The molecule has 4 nitrogen and oxygen atoms in total. The number of anilines is 1. The number of carbonyl (C=O) groups excluding carboxylic acids is 1. The van der Waals surface area contributed by atoms with Crippen LogP contribution < -0.4 is 11.1 Å². The lowest BCUT2D eigenvalue weighted by Crippen LogP contribution is -2.44. The van der Waals surface area contributed by atoms with Gasteiger partial charge in [-0.1, -0.05) is 12.1 Å². The van der Waals surface area contributed by atoms with Gasteiger partial charge < -0.3 is 15.8 Å². The van der Waals surface area contributed by atoms with Crippen LogP contribution in [0.3, 0.4) is 0 Å². The number of nitrogens with two attached hydrogens (primary N) is 1. The number of amides is 1. The molecule has 2 rings (SSSR count). The standard InChI is InChI=1S/C15H22N2O2/c1-10-3-4-11(2)13(9-10)17-15(18)14(16)12-5-7-19-8-6-12/h3-4,9,12,14H,5-8,16H2,1-2H3,(H,17,18). The maximum Gasteiger partial charge on any atom is 0.241 e. The van der Waals surface area contributed by atoms with E-state index in [0.29, 0.717) is 13.2 Å². The molecular formula is C15H22N2O2. The monoisotopic (exact) mass is 262 g/mol. The minimum atomic E-state index is -0.455. The van der Waals surface area contributed by atoms with Crippen LogP contribution in [0.1, 0.15) is 24.0 Å². The Hall–Kier alpha value is -1.39. The lowest BCUT2D eigenvalue weighted by Gasteiger charge is -2.27. The van der Waals surface area contributed by atoms with Gasteiger partial charge in [-0.25, -0.2) is 0 Å². The maximum atomic E-state index is 12.2. The molecule has 0 radical (unpaired) electrons. The molecule has 1 saturated heterocycles. The third kappa shape index (κ3) is 3.55. The highest BCUT2D eigenvalue weighted by Crippen LogP contribution is 2.20. The first kappa shape index (κ1) is 14.0. The second-order valence-corrected chi connectivity index (χ2v) is 5.28. The van der Waals surface area contributed by atoms with Crippen LogP contribution in [0.2, 0.25) is 0 Å². The molecule has 1 fully saturated rings. The molecule has 1 aromatic rings. The molecule has 1 aliphatic heterocycles. The van der Waals surface area contributed by atoms with E-state index in [-0.39, 0.29) is 11.8 Å². The van der Waals surface area contributed by atoms with Crippen molar-refractivity contribution in [2.45, 2.75) is 32.7 Å². The summed E-state index contributed by atoms with van der Waals surface area (Å²) in [6, 6.07) is 5.56. The van der Waals surface area contributed by atoms with Crippen LogP contribution in [0.5, 0.6) is 0 Å². The predicted octanol–water partition coefficient (Wildman–Crippen LogP) is 2.00. The number of carbonyl (C=O) groups is 1. The van der Waals surface area contributed by atoms with Crippen LogP contribution in [-0.2, 0) is 9.53 Å². The summed E-state index contributed by atoms with van der Waals surface area (Å²) in [5, 5.41) is 2.94. The Morgan fingerprint density at radius 2 is 2.05 bits per heavy atom. The summed E-state index contributed by atoms with van der Waals surface area (Å²) in [6.07, 6.45) is 1.72. The Kier molecular flexibility index (Phi) is 4.56. The number of ether oxygens (including phenoxy) is 1. The summed E-state index contributed by atoms with van der Waals surface area (Å²) in [6.45, 7) is 5.40. The van der Waals surface area contributed by atoms with E-state index in [1.54, 1.807) is 0 Å². The lowest BCUT2D eigenvalue weighted by molar-refractivity contribution is -0.119.